The molecule has 0 atom stereocenters. The molecule has 1 heterocycles. The second-order valence-corrected chi connectivity index (χ2v) is 5.91. The molecule has 2 fully saturated rings. The van der Waals surface area contributed by atoms with Gasteiger partial charge in [-0.15, -0.1) is 0 Å². The van der Waals surface area contributed by atoms with Crippen LogP contribution in [0.25, 0.3) is 0 Å². The Labute approximate surface area is 122 Å². The first-order chi connectivity index (χ1) is 9.85. The van der Waals surface area contributed by atoms with Gasteiger partial charge in [-0.1, -0.05) is 12.8 Å². The maximum Gasteiger partial charge on any atom is 0.0701 e. The van der Waals surface area contributed by atoms with Crippen molar-refractivity contribution in [2.45, 2.75) is 31.2 Å². The van der Waals surface area contributed by atoms with Crippen molar-refractivity contribution >= 4 is 0 Å². The maximum atomic E-state index is 5.64. The average molecular weight is 286 g/mol. The molecule has 0 bridgehead atoms. The number of rotatable bonds is 9. The van der Waals surface area contributed by atoms with Gasteiger partial charge in [0.05, 0.1) is 33.0 Å². The topological polar surface area (TPSA) is 43.0 Å². The first-order valence-electron chi connectivity index (χ1n) is 7.96. The zero-order valence-electron chi connectivity index (χ0n) is 12.9. The van der Waals surface area contributed by atoms with E-state index in [1.54, 1.807) is 7.11 Å². The molecule has 0 aromatic carbocycles. The third-order valence-corrected chi connectivity index (χ3v) is 4.37. The van der Waals surface area contributed by atoms with Crippen LogP contribution in [0.4, 0.5) is 0 Å². The summed E-state index contributed by atoms with van der Waals surface area (Å²) in [6.45, 7) is 7.97. The monoisotopic (exact) mass is 286 g/mol. The fraction of sp³-hybridized carbons (Fsp3) is 1.00. The molecule has 0 unspecified atom stereocenters. The molecule has 1 aliphatic carbocycles. The summed E-state index contributed by atoms with van der Waals surface area (Å²) in [5.74, 6) is 0. The average Bonchev–Trinajstić information content (AvgIpc) is 2.90. The molecule has 0 radical (unpaired) electrons. The molecule has 0 aromatic rings. The highest BCUT2D eigenvalue weighted by Gasteiger charge is 2.37. The van der Waals surface area contributed by atoms with Crippen LogP contribution in [-0.4, -0.2) is 76.8 Å². The molecule has 2 aliphatic rings. The van der Waals surface area contributed by atoms with Crippen molar-refractivity contribution in [3.63, 3.8) is 0 Å². The van der Waals surface area contributed by atoms with Gasteiger partial charge in [0.25, 0.3) is 0 Å². The summed E-state index contributed by atoms with van der Waals surface area (Å²) in [5.41, 5.74) is 0.418. The van der Waals surface area contributed by atoms with Crippen LogP contribution in [0, 0.1) is 0 Å². The predicted octanol–water partition coefficient (Wildman–Crippen LogP) is 0.884. The van der Waals surface area contributed by atoms with Gasteiger partial charge in [-0.2, -0.15) is 0 Å². The lowest BCUT2D eigenvalue weighted by Gasteiger charge is -2.41. The van der Waals surface area contributed by atoms with Crippen molar-refractivity contribution in [2.75, 3.05) is 66.3 Å². The molecule has 1 saturated carbocycles. The second kappa shape index (κ2) is 8.95. The SMILES string of the molecule is COCCOCCOCCN1CCNC2(CCCC2)C1. The van der Waals surface area contributed by atoms with Crippen molar-refractivity contribution in [2.24, 2.45) is 0 Å². The predicted molar refractivity (Wildman–Crippen MR) is 79.2 cm³/mol. The standard InChI is InChI=1S/C15H30N2O3/c1-18-10-11-20-13-12-19-9-8-17-7-6-16-15(14-17)4-2-3-5-15/h16H,2-14H2,1H3. The van der Waals surface area contributed by atoms with E-state index >= 15 is 0 Å². The van der Waals surface area contributed by atoms with E-state index in [1.807, 2.05) is 0 Å². The van der Waals surface area contributed by atoms with E-state index in [-0.39, 0.29) is 0 Å². The number of hydrogen-bond acceptors (Lipinski definition) is 5. The molecule has 1 spiro atoms. The van der Waals surface area contributed by atoms with Gasteiger partial charge in [0.1, 0.15) is 0 Å². The van der Waals surface area contributed by atoms with Crippen molar-refractivity contribution in [1.29, 1.82) is 0 Å². The Balaban J connectivity index is 1.49. The molecule has 1 N–H and O–H groups in total. The van der Waals surface area contributed by atoms with Gasteiger partial charge in [-0.05, 0) is 12.8 Å². The molecule has 1 aliphatic heterocycles. The molecule has 5 heteroatoms. The molecule has 20 heavy (non-hydrogen) atoms. The van der Waals surface area contributed by atoms with Gasteiger partial charge in [0.2, 0.25) is 0 Å². The lowest BCUT2D eigenvalue weighted by molar-refractivity contribution is 0.0151. The van der Waals surface area contributed by atoms with Crippen LogP contribution in [-0.2, 0) is 14.2 Å². The van der Waals surface area contributed by atoms with E-state index in [9.17, 15) is 0 Å². The zero-order valence-corrected chi connectivity index (χ0v) is 12.9. The normalized spacial score (nSPS) is 22.6. The molecule has 2 rings (SSSR count). The lowest BCUT2D eigenvalue weighted by Crippen LogP contribution is -2.59. The highest BCUT2D eigenvalue weighted by molar-refractivity contribution is 4.98. The van der Waals surface area contributed by atoms with Crippen LogP contribution in [0.1, 0.15) is 25.7 Å². The van der Waals surface area contributed by atoms with Gasteiger partial charge in [-0.25, -0.2) is 0 Å². The Hall–Kier alpha value is -0.200. The van der Waals surface area contributed by atoms with Gasteiger partial charge in [0.15, 0.2) is 0 Å². The van der Waals surface area contributed by atoms with Gasteiger partial charge < -0.3 is 19.5 Å². The van der Waals surface area contributed by atoms with E-state index in [0.29, 0.717) is 32.0 Å². The van der Waals surface area contributed by atoms with Crippen molar-refractivity contribution in [1.82, 2.24) is 10.2 Å². The molecule has 5 nitrogen and oxygen atoms in total. The fourth-order valence-corrected chi connectivity index (χ4v) is 3.28. The minimum atomic E-state index is 0.418. The zero-order chi connectivity index (χ0) is 14.1. The van der Waals surface area contributed by atoms with E-state index < -0.39 is 0 Å². The smallest absolute Gasteiger partial charge is 0.0701 e. The number of nitrogens with zero attached hydrogens (tertiary/aromatic N) is 1. The van der Waals surface area contributed by atoms with Crippen molar-refractivity contribution in [3.8, 4) is 0 Å². The van der Waals surface area contributed by atoms with Crippen LogP contribution >= 0.6 is 0 Å². The number of ether oxygens (including phenoxy) is 3. The summed E-state index contributed by atoms with van der Waals surface area (Å²) >= 11 is 0. The molecule has 1 saturated heterocycles. The molecule has 118 valence electrons. The molecule has 0 amide bonds. The van der Waals surface area contributed by atoms with Crippen LogP contribution in [0.3, 0.4) is 0 Å². The summed E-state index contributed by atoms with van der Waals surface area (Å²) in [6.07, 6.45) is 5.46. The Kier molecular flexibility index (Phi) is 7.24. The first-order valence-corrected chi connectivity index (χ1v) is 7.96. The van der Waals surface area contributed by atoms with E-state index in [2.05, 4.69) is 10.2 Å². The third-order valence-electron chi connectivity index (χ3n) is 4.37. The lowest BCUT2D eigenvalue weighted by atomic mass is 9.94. The number of piperazine rings is 1. The Bertz CT molecular complexity index is 258. The fourth-order valence-electron chi connectivity index (χ4n) is 3.28. The third kappa shape index (κ3) is 5.30. The summed E-state index contributed by atoms with van der Waals surface area (Å²) < 4.78 is 15.9. The Morgan fingerprint density at radius 1 is 1.00 bits per heavy atom. The van der Waals surface area contributed by atoms with Crippen LogP contribution in [0.2, 0.25) is 0 Å². The summed E-state index contributed by atoms with van der Waals surface area (Å²) in [7, 11) is 1.68. The Morgan fingerprint density at radius 3 is 2.45 bits per heavy atom. The second-order valence-electron chi connectivity index (χ2n) is 5.91. The van der Waals surface area contributed by atoms with E-state index in [1.165, 1.54) is 32.2 Å². The minimum Gasteiger partial charge on any atom is -0.382 e. The van der Waals surface area contributed by atoms with Gasteiger partial charge in [0, 0.05) is 38.8 Å². The van der Waals surface area contributed by atoms with Crippen LogP contribution < -0.4 is 5.32 Å². The molecular weight excluding hydrogens is 256 g/mol. The Morgan fingerprint density at radius 2 is 1.70 bits per heavy atom. The van der Waals surface area contributed by atoms with Crippen LogP contribution in [0.15, 0.2) is 0 Å². The summed E-state index contributed by atoms with van der Waals surface area (Å²) in [6, 6.07) is 0. The highest BCUT2D eigenvalue weighted by Crippen LogP contribution is 2.31. The van der Waals surface area contributed by atoms with E-state index in [4.69, 9.17) is 14.2 Å². The summed E-state index contributed by atoms with van der Waals surface area (Å²) in [5, 5.41) is 3.74. The number of nitrogens with one attached hydrogen (secondary N) is 1. The first kappa shape index (κ1) is 16.2. The molecular formula is C15H30N2O3. The van der Waals surface area contributed by atoms with Gasteiger partial charge >= 0.3 is 0 Å². The van der Waals surface area contributed by atoms with Crippen molar-refractivity contribution in [3.05, 3.63) is 0 Å². The van der Waals surface area contributed by atoms with Crippen molar-refractivity contribution < 1.29 is 14.2 Å². The highest BCUT2D eigenvalue weighted by atomic mass is 16.5. The van der Waals surface area contributed by atoms with Crippen LogP contribution in [0.5, 0.6) is 0 Å². The largest absolute Gasteiger partial charge is 0.382 e. The maximum absolute atomic E-state index is 5.64. The minimum absolute atomic E-state index is 0.418. The number of hydrogen-bond donors (Lipinski definition) is 1. The quantitative estimate of drug-likeness (QED) is 0.638. The van der Waals surface area contributed by atoms with Gasteiger partial charge in [-0.3, -0.25) is 4.90 Å². The molecule has 0 aromatic heterocycles. The number of methoxy groups -OCH3 is 1. The van der Waals surface area contributed by atoms with E-state index in [0.717, 1.165) is 26.2 Å². The summed E-state index contributed by atoms with van der Waals surface area (Å²) in [4.78, 5) is 2.55.